The smallest absolute Gasteiger partial charge is 0.257 e. The minimum absolute atomic E-state index is 0.0310. The van der Waals surface area contributed by atoms with E-state index in [-0.39, 0.29) is 29.7 Å². The number of anilines is 1. The first kappa shape index (κ1) is 24.3. The van der Waals surface area contributed by atoms with Crippen LogP contribution in [0.15, 0.2) is 40.1 Å². The van der Waals surface area contributed by atoms with Crippen molar-refractivity contribution in [1.29, 1.82) is 0 Å². The molecule has 1 saturated carbocycles. The zero-order chi connectivity index (χ0) is 24.4. The number of nitrogens with zero attached hydrogens (tertiary/aromatic N) is 3. The zero-order valence-electron chi connectivity index (χ0n) is 19.5. The second-order valence-corrected chi connectivity index (χ2v) is 10.9. The molecule has 8 nitrogen and oxygen atoms in total. The van der Waals surface area contributed by atoms with Crippen LogP contribution in [0, 0.1) is 12.8 Å². The SMILES string of the molecule is C=CC(=O)N1CCN(C(=O)c2cc(Sc3cnc(NC(=O)C4CC4)s3)c(C)cc2OC)CC1C. The number of aromatic nitrogens is 1. The fourth-order valence-electron chi connectivity index (χ4n) is 3.89. The predicted molar refractivity (Wildman–Crippen MR) is 133 cm³/mol. The van der Waals surface area contributed by atoms with Gasteiger partial charge >= 0.3 is 0 Å². The summed E-state index contributed by atoms with van der Waals surface area (Å²) in [5, 5.41) is 3.46. The number of benzene rings is 1. The summed E-state index contributed by atoms with van der Waals surface area (Å²) in [5.41, 5.74) is 1.46. The van der Waals surface area contributed by atoms with E-state index >= 15 is 0 Å². The third-order valence-corrected chi connectivity index (χ3v) is 8.15. The average molecular weight is 501 g/mol. The van der Waals surface area contributed by atoms with Crippen molar-refractivity contribution < 1.29 is 19.1 Å². The molecule has 1 aliphatic carbocycles. The number of carbonyl (C=O) groups excluding carboxylic acids is 3. The van der Waals surface area contributed by atoms with E-state index in [1.54, 1.807) is 23.1 Å². The largest absolute Gasteiger partial charge is 0.496 e. The lowest BCUT2D eigenvalue weighted by atomic mass is 10.1. The van der Waals surface area contributed by atoms with Gasteiger partial charge in [-0.2, -0.15) is 0 Å². The van der Waals surface area contributed by atoms with Gasteiger partial charge in [-0.05, 0) is 50.5 Å². The van der Waals surface area contributed by atoms with Gasteiger partial charge in [-0.25, -0.2) is 4.98 Å². The minimum Gasteiger partial charge on any atom is -0.496 e. The minimum atomic E-state index is -0.127. The number of ether oxygens (including phenoxy) is 1. The molecular weight excluding hydrogens is 472 g/mol. The van der Waals surface area contributed by atoms with Crippen molar-refractivity contribution >= 4 is 46.0 Å². The van der Waals surface area contributed by atoms with Crippen LogP contribution < -0.4 is 10.1 Å². The van der Waals surface area contributed by atoms with E-state index in [4.69, 9.17) is 4.74 Å². The molecule has 4 rings (SSSR count). The second kappa shape index (κ2) is 10.2. The van der Waals surface area contributed by atoms with Crippen LogP contribution in [0.2, 0.25) is 0 Å². The van der Waals surface area contributed by atoms with Crippen LogP contribution in [-0.4, -0.2) is 65.3 Å². The Morgan fingerprint density at radius 3 is 2.71 bits per heavy atom. The monoisotopic (exact) mass is 500 g/mol. The van der Waals surface area contributed by atoms with Crippen LogP contribution in [0.4, 0.5) is 5.13 Å². The fraction of sp³-hybridized carbons (Fsp3) is 0.417. The number of piperazine rings is 1. The molecule has 0 radical (unpaired) electrons. The van der Waals surface area contributed by atoms with Crippen LogP contribution in [-0.2, 0) is 9.59 Å². The van der Waals surface area contributed by atoms with E-state index in [2.05, 4.69) is 16.9 Å². The highest BCUT2D eigenvalue weighted by atomic mass is 32.2. The van der Waals surface area contributed by atoms with Crippen molar-refractivity contribution in [3.63, 3.8) is 0 Å². The van der Waals surface area contributed by atoms with E-state index in [0.29, 0.717) is 36.1 Å². The van der Waals surface area contributed by atoms with E-state index in [0.717, 1.165) is 27.5 Å². The first-order valence-corrected chi connectivity index (χ1v) is 12.8. The van der Waals surface area contributed by atoms with Crippen molar-refractivity contribution in [1.82, 2.24) is 14.8 Å². The summed E-state index contributed by atoms with van der Waals surface area (Å²) in [5.74, 6) is 0.424. The average Bonchev–Trinajstić information content (AvgIpc) is 3.60. The molecule has 1 atom stereocenters. The molecule has 1 aliphatic heterocycles. The number of methoxy groups -OCH3 is 1. The van der Waals surface area contributed by atoms with Crippen LogP contribution in [0.1, 0.15) is 35.7 Å². The van der Waals surface area contributed by atoms with Crippen molar-refractivity contribution in [2.24, 2.45) is 5.92 Å². The summed E-state index contributed by atoms with van der Waals surface area (Å²) in [4.78, 5) is 46.2. The Kier molecular flexibility index (Phi) is 7.27. The highest BCUT2D eigenvalue weighted by Crippen LogP contribution is 2.39. The predicted octanol–water partition coefficient (Wildman–Crippen LogP) is 3.82. The first-order chi connectivity index (χ1) is 16.3. The van der Waals surface area contributed by atoms with Crippen molar-refractivity contribution in [2.45, 2.75) is 41.8 Å². The highest BCUT2D eigenvalue weighted by Gasteiger charge is 2.31. The van der Waals surface area contributed by atoms with Crippen LogP contribution >= 0.6 is 23.1 Å². The molecular formula is C24H28N4O4S2. The Morgan fingerprint density at radius 1 is 1.29 bits per heavy atom. The molecule has 2 aliphatic rings. The Hall–Kier alpha value is -2.85. The van der Waals surface area contributed by atoms with Gasteiger partial charge in [-0.3, -0.25) is 14.4 Å². The summed E-state index contributed by atoms with van der Waals surface area (Å²) in [6.07, 6.45) is 4.93. The molecule has 1 aromatic carbocycles. The van der Waals surface area contributed by atoms with Crippen molar-refractivity contribution in [3.05, 3.63) is 42.1 Å². The molecule has 3 amide bonds. The van der Waals surface area contributed by atoms with Gasteiger partial charge in [0.1, 0.15) is 5.75 Å². The van der Waals surface area contributed by atoms with Gasteiger partial charge in [0, 0.05) is 36.5 Å². The molecule has 2 aromatic rings. The normalized spacial score (nSPS) is 17.9. The van der Waals surface area contributed by atoms with Crippen molar-refractivity contribution in [3.8, 4) is 5.75 Å². The maximum Gasteiger partial charge on any atom is 0.257 e. The Morgan fingerprint density at radius 2 is 2.06 bits per heavy atom. The van der Waals surface area contributed by atoms with Crippen LogP contribution in [0.25, 0.3) is 0 Å². The van der Waals surface area contributed by atoms with Crippen LogP contribution in [0.3, 0.4) is 0 Å². The van der Waals surface area contributed by atoms with E-state index in [9.17, 15) is 14.4 Å². The van der Waals surface area contributed by atoms with Gasteiger partial charge in [0.15, 0.2) is 5.13 Å². The Bertz CT molecular complexity index is 1130. The molecule has 10 heteroatoms. The molecule has 1 aromatic heterocycles. The standard InChI is InChI=1S/C24H28N4O4S2/c1-5-20(29)28-9-8-27(13-15(28)3)23(31)17-11-19(14(2)10-18(17)32-4)33-21-12-25-24(34-21)26-22(30)16-6-7-16/h5,10-12,15-16H,1,6-9,13H2,2-4H3,(H,25,26,30). The number of hydrogen-bond acceptors (Lipinski definition) is 7. The number of thiazole rings is 1. The summed E-state index contributed by atoms with van der Waals surface area (Å²) in [7, 11) is 1.56. The summed E-state index contributed by atoms with van der Waals surface area (Å²) < 4.78 is 6.45. The summed E-state index contributed by atoms with van der Waals surface area (Å²) in [6, 6.07) is 3.62. The molecule has 2 heterocycles. The van der Waals surface area contributed by atoms with Gasteiger partial charge in [-0.15, -0.1) is 0 Å². The number of aryl methyl sites for hydroxylation is 1. The molecule has 0 bridgehead atoms. The molecule has 34 heavy (non-hydrogen) atoms. The maximum absolute atomic E-state index is 13.4. The number of hydrogen-bond donors (Lipinski definition) is 1. The van der Waals surface area contributed by atoms with Gasteiger partial charge in [0.05, 0.1) is 23.1 Å². The van der Waals surface area contributed by atoms with E-state index in [1.165, 1.54) is 29.2 Å². The summed E-state index contributed by atoms with van der Waals surface area (Å²) in [6.45, 7) is 8.81. The Labute approximate surface area is 207 Å². The maximum atomic E-state index is 13.4. The third-order valence-electron chi connectivity index (χ3n) is 5.97. The number of amides is 3. The number of nitrogens with one attached hydrogen (secondary N) is 1. The topological polar surface area (TPSA) is 91.8 Å². The quantitative estimate of drug-likeness (QED) is 0.581. The summed E-state index contributed by atoms with van der Waals surface area (Å²) >= 11 is 2.92. The van der Waals surface area contributed by atoms with E-state index in [1.807, 2.05) is 26.0 Å². The second-order valence-electron chi connectivity index (χ2n) is 8.50. The molecule has 180 valence electrons. The van der Waals surface area contributed by atoms with Gasteiger partial charge in [-0.1, -0.05) is 29.7 Å². The van der Waals surface area contributed by atoms with Gasteiger partial charge < -0.3 is 19.9 Å². The molecule has 1 N–H and O–H groups in total. The molecule has 1 saturated heterocycles. The van der Waals surface area contributed by atoms with Gasteiger partial charge in [0.2, 0.25) is 11.8 Å². The lowest BCUT2D eigenvalue weighted by molar-refractivity contribution is -0.129. The fourth-order valence-corrected chi connectivity index (χ4v) is 5.83. The molecule has 2 fully saturated rings. The number of rotatable bonds is 7. The Balaban J connectivity index is 1.50. The lowest BCUT2D eigenvalue weighted by Gasteiger charge is -2.39. The highest BCUT2D eigenvalue weighted by molar-refractivity contribution is 8.01. The molecule has 0 spiro atoms. The van der Waals surface area contributed by atoms with E-state index < -0.39 is 0 Å². The molecule has 1 unspecified atom stereocenters. The van der Waals surface area contributed by atoms with Gasteiger partial charge in [0.25, 0.3) is 5.91 Å². The van der Waals surface area contributed by atoms with Crippen LogP contribution in [0.5, 0.6) is 5.75 Å². The number of carbonyl (C=O) groups is 3. The van der Waals surface area contributed by atoms with Crippen molar-refractivity contribution in [2.75, 3.05) is 32.1 Å². The first-order valence-electron chi connectivity index (χ1n) is 11.2. The lowest BCUT2D eigenvalue weighted by Crippen LogP contribution is -2.55. The third kappa shape index (κ3) is 5.28. The zero-order valence-corrected chi connectivity index (χ0v) is 21.1.